The van der Waals surface area contributed by atoms with Gasteiger partial charge in [0.2, 0.25) is 0 Å². The number of nitrogens with zero attached hydrogens (tertiary/aromatic N) is 2. The average molecular weight is 334 g/mol. The Balaban J connectivity index is 1.39. The van der Waals surface area contributed by atoms with E-state index in [-0.39, 0.29) is 6.03 Å². The van der Waals surface area contributed by atoms with Crippen molar-refractivity contribution in [3.63, 3.8) is 0 Å². The molecular formula is C20H22N4O. The van der Waals surface area contributed by atoms with Gasteiger partial charge in [-0.2, -0.15) is 0 Å². The van der Waals surface area contributed by atoms with Gasteiger partial charge in [0.15, 0.2) is 0 Å². The second-order valence-corrected chi connectivity index (χ2v) is 6.70. The van der Waals surface area contributed by atoms with Gasteiger partial charge >= 0.3 is 6.03 Å². The zero-order valence-corrected chi connectivity index (χ0v) is 14.3. The van der Waals surface area contributed by atoms with Crippen LogP contribution in [0, 0.1) is 6.92 Å². The van der Waals surface area contributed by atoms with Crippen molar-refractivity contribution in [2.75, 3.05) is 18.4 Å². The van der Waals surface area contributed by atoms with Crippen LogP contribution in [-0.4, -0.2) is 34.0 Å². The highest BCUT2D eigenvalue weighted by Crippen LogP contribution is 2.32. The Morgan fingerprint density at radius 1 is 1.20 bits per heavy atom. The Bertz CT molecular complexity index is 876. The third-order valence-electron chi connectivity index (χ3n) is 4.99. The van der Waals surface area contributed by atoms with Crippen LogP contribution < -0.4 is 5.32 Å². The molecule has 0 unspecified atom stereocenters. The van der Waals surface area contributed by atoms with Crippen LogP contribution in [0.1, 0.15) is 29.9 Å². The zero-order chi connectivity index (χ0) is 17.2. The van der Waals surface area contributed by atoms with Crippen LogP contribution in [-0.2, 0) is 0 Å². The summed E-state index contributed by atoms with van der Waals surface area (Å²) in [5.41, 5.74) is 5.45. The third-order valence-corrected chi connectivity index (χ3v) is 4.99. The number of aromatic nitrogens is 2. The first kappa shape index (κ1) is 15.7. The lowest BCUT2D eigenvalue weighted by Gasteiger charge is -2.31. The Morgan fingerprint density at radius 2 is 1.96 bits per heavy atom. The van der Waals surface area contributed by atoms with Crippen molar-refractivity contribution >= 4 is 22.8 Å². The van der Waals surface area contributed by atoms with Crippen molar-refractivity contribution < 1.29 is 4.79 Å². The van der Waals surface area contributed by atoms with E-state index in [1.807, 2.05) is 48.4 Å². The normalized spacial score (nSPS) is 15.5. The van der Waals surface area contributed by atoms with Crippen molar-refractivity contribution in [2.45, 2.75) is 25.7 Å². The van der Waals surface area contributed by atoms with Gasteiger partial charge in [0.1, 0.15) is 0 Å². The number of amides is 2. The number of H-pyrrole nitrogens is 1. The van der Waals surface area contributed by atoms with Gasteiger partial charge in [-0.25, -0.2) is 4.79 Å². The van der Waals surface area contributed by atoms with Crippen LogP contribution in [0.15, 0.2) is 48.8 Å². The number of nitrogens with one attached hydrogen (secondary N) is 2. The predicted octanol–water partition coefficient (Wildman–Crippen LogP) is 4.28. The van der Waals surface area contributed by atoms with Crippen molar-refractivity contribution in [3.05, 3.63) is 59.9 Å². The molecule has 0 bridgehead atoms. The van der Waals surface area contributed by atoms with Crippen LogP contribution in [0.4, 0.5) is 10.5 Å². The van der Waals surface area contributed by atoms with E-state index in [9.17, 15) is 4.79 Å². The zero-order valence-electron chi connectivity index (χ0n) is 14.3. The SMILES string of the molecule is Cc1ccc(NC(=O)N2CCC(c3c[nH]c4cccnc34)CC2)cc1. The van der Waals surface area contributed by atoms with E-state index in [0.717, 1.165) is 42.7 Å². The van der Waals surface area contributed by atoms with E-state index < -0.39 is 0 Å². The molecule has 0 radical (unpaired) electrons. The molecule has 1 aromatic carbocycles. The lowest BCUT2D eigenvalue weighted by molar-refractivity contribution is 0.195. The van der Waals surface area contributed by atoms with Crippen LogP contribution in [0.25, 0.3) is 11.0 Å². The summed E-state index contributed by atoms with van der Waals surface area (Å²) in [6.45, 7) is 3.57. The molecule has 2 aromatic heterocycles. The molecule has 1 saturated heterocycles. The first-order chi connectivity index (χ1) is 12.2. The highest BCUT2D eigenvalue weighted by Gasteiger charge is 2.25. The molecular weight excluding hydrogens is 312 g/mol. The third kappa shape index (κ3) is 3.22. The molecule has 2 amide bonds. The molecule has 4 rings (SSSR count). The van der Waals surface area contributed by atoms with Gasteiger partial charge in [-0.05, 0) is 55.5 Å². The van der Waals surface area contributed by atoms with Crippen molar-refractivity contribution in [1.82, 2.24) is 14.9 Å². The number of likely N-dealkylation sites (tertiary alicyclic amines) is 1. The largest absolute Gasteiger partial charge is 0.360 e. The van der Waals surface area contributed by atoms with Gasteiger partial charge in [0.05, 0.1) is 11.0 Å². The summed E-state index contributed by atoms with van der Waals surface area (Å²) in [4.78, 5) is 22.2. The topological polar surface area (TPSA) is 61.0 Å². The number of carbonyl (C=O) groups is 1. The molecule has 0 aliphatic carbocycles. The van der Waals surface area contributed by atoms with Crippen LogP contribution >= 0.6 is 0 Å². The number of benzene rings is 1. The van der Waals surface area contributed by atoms with Crippen molar-refractivity contribution in [2.24, 2.45) is 0 Å². The molecule has 3 aromatic rings. The molecule has 2 N–H and O–H groups in total. The highest BCUT2D eigenvalue weighted by atomic mass is 16.2. The van der Waals surface area contributed by atoms with E-state index in [2.05, 4.69) is 27.5 Å². The second-order valence-electron chi connectivity index (χ2n) is 6.70. The quantitative estimate of drug-likeness (QED) is 0.735. The average Bonchev–Trinajstić information content (AvgIpc) is 3.08. The van der Waals surface area contributed by atoms with Crippen molar-refractivity contribution in [1.29, 1.82) is 0 Å². The first-order valence-corrected chi connectivity index (χ1v) is 8.75. The number of pyridine rings is 1. The van der Waals surface area contributed by atoms with Gasteiger partial charge in [-0.15, -0.1) is 0 Å². The fraction of sp³-hybridized carbons (Fsp3) is 0.300. The predicted molar refractivity (Wildman–Crippen MR) is 99.8 cm³/mol. The minimum Gasteiger partial charge on any atom is -0.360 e. The van der Waals surface area contributed by atoms with Gasteiger partial charge in [-0.1, -0.05) is 17.7 Å². The number of piperidine rings is 1. The highest BCUT2D eigenvalue weighted by molar-refractivity contribution is 5.89. The molecule has 1 aliphatic rings. The molecule has 128 valence electrons. The second kappa shape index (κ2) is 6.59. The monoisotopic (exact) mass is 334 g/mol. The lowest BCUT2D eigenvalue weighted by Crippen LogP contribution is -2.40. The van der Waals surface area contributed by atoms with Crippen LogP contribution in [0.5, 0.6) is 0 Å². The van der Waals surface area contributed by atoms with Gasteiger partial charge in [0.25, 0.3) is 0 Å². The summed E-state index contributed by atoms with van der Waals surface area (Å²) in [5.74, 6) is 0.451. The number of rotatable bonds is 2. The number of hydrogen-bond acceptors (Lipinski definition) is 2. The molecule has 25 heavy (non-hydrogen) atoms. The Labute approximate surface area is 147 Å². The molecule has 1 fully saturated rings. The number of carbonyl (C=O) groups excluding carboxylic acids is 1. The fourth-order valence-corrected chi connectivity index (χ4v) is 3.52. The van der Waals surface area contributed by atoms with E-state index in [1.165, 1.54) is 11.1 Å². The number of anilines is 1. The maximum atomic E-state index is 12.5. The summed E-state index contributed by atoms with van der Waals surface area (Å²) < 4.78 is 0. The molecule has 5 nitrogen and oxygen atoms in total. The molecule has 5 heteroatoms. The molecule has 0 saturated carbocycles. The van der Waals surface area contributed by atoms with Crippen LogP contribution in [0.2, 0.25) is 0 Å². The van der Waals surface area contributed by atoms with E-state index in [4.69, 9.17) is 0 Å². The molecule has 0 atom stereocenters. The van der Waals surface area contributed by atoms with E-state index >= 15 is 0 Å². The minimum absolute atomic E-state index is 0.0145. The maximum absolute atomic E-state index is 12.5. The smallest absolute Gasteiger partial charge is 0.321 e. The molecule has 1 aliphatic heterocycles. The summed E-state index contributed by atoms with van der Waals surface area (Å²) in [6, 6.07) is 11.9. The van der Waals surface area contributed by atoms with Gasteiger partial charge in [0, 0.05) is 31.2 Å². The summed E-state index contributed by atoms with van der Waals surface area (Å²) in [5, 5.41) is 2.99. The Hall–Kier alpha value is -2.82. The summed E-state index contributed by atoms with van der Waals surface area (Å²) in [7, 11) is 0. The number of hydrogen-bond donors (Lipinski definition) is 2. The minimum atomic E-state index is -0.0145. The molecule has 0 spiro atoms. The summed E-state index contributed by atoms with van der Waals surface area (Å²) >= 11 is 0. The molecule has 3 heterocycles. The number of aryl methyl sites for hydroxylation is 1. The number of aromatic amines is 1. The van der Waals surface area contributed by atoms with E-state index in [0.29, 0.717) is 5.92 Å². The van der Waals surface area contributed by atoms with Crippen molar-refractivity contribution in [3.8, 4) is 0 Å². The number of urea groups is 1. The number of fused-ring (bicyclic) bond motifs is 1. The first-order valence-electron chi connectivity index (χ1n) is 8.75. The maximum Gasteiger partial charge on any atom is 0.321 e. The van der Waals surface area contributed by atoms with Gasteiger partial charge < -0.3 is 15.2 Å². The van der Waals surface area contributed by atoms with E-state index in [1.54, 1.807) is 0 Å². The Kier molecular flexibility index (Phi) is 4.14. The Morgan fingerprint density at radius 3 is 2.72 bits per heavy atom. The van der Waals surface area contributed by atoms with Crippen LogP contribution in [0.3, 0.4) is 0 Å². The standard InChI is InChI=1S/C20H22N4O/c1-14-4-6-16(7-5-14)23-20(25)24-11-8-15(9-12-24)17-13-22-18-3-2-10-21-19(17)18/h2-7,10,13,15,22H,8-9,11-12H2,1H3,(H,23,25). The lowest BCUT2D eigenvalue weighted by atomic mass is 9.90. The summed E-state index contributed by atoms with van der Waals surface area (Å²) in [6.07, 6.45) is 5.84. The fourth-order valence-electron chi connectivity index (χ4n) is 3.52. The van der Waals surface area contributed by atoms with Gasteiger partial charge in [-0.3, -0.25) is 4.98 Å².